The van der Waals surface area contributed by atoms with Crippen molar-refractivity contribution < 1.29 is 9.59 Å². The molecule has 2 aromatic rings. The van der Waals surface area contributed by atoms with Crippen molar-refractivity contribution in [1.29, 1.82) is 0 Å². The monoisotopic (exact) mass is 308 g/mol. The summed E-state index contributed by atoms with van der Waals surface area (Å²) in [5.74, 6) is -0.227. The summed E-state index contributed by atoms with van der Waals surface area (Å²) in [6.45, 7) is 3.46. The molecule has 0 aliphatic heterocycles. The Bertz CT molecular complexity index is 733. The maximum absolute atomic E-state index is 11.9. The highest BCUT2D eigenvalue weighted by molar-refractivity contribution is 6.03. The lowest BCUT2D eigenvalue weighted by molar-refractivity contribution is -0.118. The van der Waals surface area contributed by atoms with Crippen LogP contribution in [0.3, 0.4) is 0 Å². The fourth-order valence-electron chi connectivity index (χ4n) is 2.09. The van der Waals surface area contributed by atoms with E-state index in [1.807, 2.05) is 43.3 Å². The van der Waals surface area contributed by atoms with Crippen LogP contribution in [0.25, 0.3) is 6.08 Å². The largest absolute Gasteiger partial charge is 0.397 e. The van der Waals surface area contributed by atoms with Crippen molar-refractivity contribution in [3.63, 3.8) is 0 Å². The van der Waals surface area contributed by atoms with Crippen molar-refractivity contribution in [2.24, 2.45) is 0 Å². The molecule has 0 saturated heterocycles. The van der Waals surface area contributed by atoms with Crippen molar-refractivity contribution >= 4 is 29.1 Å². The van der Waals surface area contributed by atoms with Gasteiger partial charge in [0.1, 0.15) is 5.78 Å². The number of benzene rings is 2. The molecule has 0 aromatic heterocycles. The van der Waals surface area contributed by atoms with E-state index < -0.39 is 0 Å². The Morgan fingerprint density at radius 3 is 2.35 bits per heavy atom. The first-order chi connectivity index (χ1) is 11.0. The molecule has 23 heavy (non-hydrogen) atoms. The Kier molecular flexibility index (Phi) is 5.31. The van der Waals surface area contributed by atoms with Crippen LogP contribution in [0.15, 0.2) is 54.6 Å². The predicted octanol–water partition coefficient (Wildman–Crippen LogP) is 3.61. The maximum Gasteiger partial charge on any atom is 0.248 e. The summed E-state index contributed by atoms with van der Waals surface area (Å²) in [6, 6.07) is 14.7. The number of hydrogen-bond donors (Lipinski definition) is 2. The van der Waals surface area contributed by atoms with Crippen LogP contribution in [-0.2, 0) is 9.59 Å². The van der Waals surface area contributed by atoms with E-state index in [1.54, 1.807) is 25.1 Å². The number of carbonyl (C=O) groups is 2. The first-order valence-corrected chi connectivity index (χ1v) is 7.41. The van der Waals surface area contributed by atoms with Crippen LogP contribution in [0.4, 0.5) is 11.4 Å². The zero-order valence-electron chi connectivity index (χ0n) is 13.2. The highest BCUT2D eigenvalue weighted by Gasteiger charge is 2.09. The summed E-state index contributed by atoms with van der Waals surface area (Å²) >= 11 is 0. The minimum absolute atomic E-state index is 0.114. The summed E-state index contributed by atoms with van der Waals surface area (Å²) in [4.78, 5) is 23.3. The van der Waals surface area contributed by atoms with Crippen LogP contribution in [-0.4, -0.2) is 11.7 Å². The lowest BCUT2D eigenvalue weighted by Crippen LogP contribution is -2.09. The van der Waals surface area contributed by atoms with Crippen LogP contribution >= 0.6 is 0 Å². The molecule has 4 nitrogen and oxygen atoms in total. The number of ketones is 1. The second-order valence-electron chi connectivity index (χ2n) is 5.41. The Labute approximate surface area is 136 Å². The summed E-state index contributed by atoms with van der Waals surface area (Å²) in [7, 11) is 0. The molecule has 0 saturated carbocycles. The quantitative estimate of drug-likeness (QED) is 0.654. The minimum atomic E-state index is -0.246. The van der Waals surface area contributed by atoms with Gasteiger partial charge in [0.05, 0.1) is 11.4 Å². The SMILES string of the molecule is CC(=O)C(C)c1ccc(/C=C/C(=O)Nc2ccccc2N)cc1. The maximum atomic E-state index is 11.9. The second kappa shape index (κ2) is 7.40. The van der Waals surface area contributed by atoms with Gasteiger partial charge in [-0.15, -0.1) is 0 Å². The van der Waals surface area contributed by atoms with Gasteiger partial charge >= 0.3 is 0 Å². The van der Waals surface area contributed by atoms with Crippen molar-refractivity contribution in [1.82, 2.24) is 0 Å². The molecule has 0 aliphatic carbocycles. The molecule has 1 atom stereocenters. The van der Waals surface area contributed by atoms with Gasteiger partial charge in [-0.2, -0.15) is 0 Å². The number of rotatable bonds is 5. The van der Waals surface area contributed by atoms with Crippen LogP contribution in [0.2, 0.25) is 0 Å². The standard InChI is InChI=1S/C19H20N2O2/c1-13(14(2)22)16-10-7-15(8-11-16)9-12-19(23)21-18-6-4-3-5-17(18)20/h3-13H,20H2,1-2H3,(H,21,23)/b12-9+. The molecule has 0 bridgehead atoms. The zero-order valence-corrected chi connectivity index (χ0v) is 13.2. The number of hydrogen-bond acceptors (Lipinski definition) is 3. The molecule has 118 valence electrons. The van der Waals surface area contributed by atoms with E-state index in [9.17, 15) is 9.59 Å². The van der Waals surface area contributed by atoms with Crippen molar-refractivity contribution in [2.45, 2.75) is 19.8 Å². The number of nitrogens with two attached hydrogens (primary N) is 1. The van der Waals surface area contributed by atoms with Gasteiger partial charge in [0, 0.05) is 12.0 Å². The van der Waals surface area contributed by atoms with Gasteiger partial charge in [-0.1, -0.05) is 43.3 Å². The average molecular weight is 308 g/mol. The van der Waals surface area contributed by atoms with E-state index in [0.29, 0.717) is 11.4 Å². The molecule has 0 fully saturated rings. The molecule has 2 aromatic carbocycles. The molecule has 0 radical (unpaired) electrons. The topological polar surface area (TPSA) is 72.2 Å². The molecular formula is C19H20N2O2. The van der Waals surface area contributed by atoms with E-state index in [-0.39, 0.29) is 17.6 Å². The Balaban J connectivity index is 2.01. The molecule has 3 N–H and O–H groups in total. The number of para-hydroxylation sites is 2. The molecule has 2 rings (SSSR count). The van der Waals surface area contributed by atoms with Crippen LogP contribution < -0.4 is 11.1 Å². The van der Waals surface area contributed by atoms with Crippen LogP contribution in [0, 0.1) is 0 Å². The molecular weight excluding hydrogens is 288 g/mol. The third-order valence-electron chi connectivity index (χ3n) is 3.69. The van der Waals surface area contributed by atoms with Gasteiger partial charge in [-0.3, -0.25) is 9.59 Å². The number of anilines is 2. The Hall–Kier alpha value is -2.88. The summed E-state index contributed by atoms with van der Waals surface area (Å²) in [6.07, 6.45) is 3.17. The van der Waals surface area contributed by atoms with Crippen molar-refractivity contribution in [3.8, 4) is 0 Å². The number of nitrogen functional groups attached to an aromatic ring is 1. The third kappa shape index (κ3) is 4.54. The minimum Gasteiger partial charge on any atom is -0.397 e. The van der Waals surface area contributed by atoms with Gasteiger partial charge in [0.2, 0.25) is 5.91 Å². The number of Topliss-reactive ketones (excluding diaryl/α,β-unsaturated/α-hetero) is 1. The molecule has 0 aliphatic rings. The highest BCUT2D eigenvalue weighted by atomic mass is 16.1. The average Bonchev–Trinajstić information content (AvgIpc) is 2.55. The number of carbonyl (C=O) groups excluding carboxylic acids is 2. The lowest BCUT2D eigenvalue weighted by Gasteiger charge is -2.07. The molecule has 0 heterocycles. The third-order valence-corrected chi connectivity index (χ3v) is 3.69. The zero-order chi connectivity index (χ0) is 16.8. The van der Waals surface area contributed by atoms with E-state index in [1.165, 1.54) is 6.08 Å². The molecule has 0 spiro atoms. The van der Waals surface area contributed by atoms with Crippen LogP contribution in [0.5, 0.6) is 0 Å². The van der Waals surface area contributed by atoms with Gasteiger partial charge in [-0.25, -0.2) is 0 Å². The smallest absolute Gasteiger partial charge is 0.248 e. The van der Waals surface area contributed by atoms with E-state index >= 15 is 0 Å². The normalized spacial score (nSPS) is 12.1. The fraction of sp³-hybridized carbons (Fsp3) is 0.158. The van der Waals surface area contributed by atoms with Crippen LogP contribution in [0.1, 0.15) is 30.9 Å². The Morgan fingerprint density at radius 2 is 1.74 bits per heavy atom. The first kappa shape index (κ1) is 16.5. The van der Waals surface area contributed by atoms with Crippen molar-refractivity contribution in [3.05, 3.63) is 65.7 Å². The van der Waals surface area contributed by atoms with E-state index in [4.69, 9.17) is 5.73 Å². The van der Waals surface area contributed by atoms with Gasteiger partial charge in [-0.05, 0) is 36.3 Å². The lowest BCUT2D eigenvalue weighted by atomic mass is 9.96. The molecule has 1 amide bonds. The van der Waals surface area contributed by atoms with Gasteiger partial charge in [0.15, 0.2) is 0 Å². The number of nitrogens with one attached hydrogen (secondary N) is 1. The predicted molar refractivity (Wildman–Crippen MR) is 94.1 cm³/mol. The Morgan fingerprint density at radius 1 is 1.09 bits per heavy atom. The number of amides is 1. The first-order valence-electron chi connectivity index (χ1n) is 7.41. The van der Waals surface area contributed by atoms with Crippen molar-refractivity contribution in [2.75, 3.05) is 11.1 Å². The molecule has 1 unspecified atom stereocenters. The van der Waals surface area contributed by atoms with E-state index in [0.717, 1.165) is 11.1 Å². The second-order valence-corrected chi connectivity index (χ2v) is 5.41. The highest BCUT2D eigenvalue weighted by Crippen LogP contribution is 2.18. The summed E-state index contributed by atoms with van der Waals surface area (Å²) in [5, 5.41) is 2.73. The van der Waals surface area contributed by atoms with Gasteiger partial charge in [0.25, 0.3) is 0 Å². The fourth-order valence-corrected chi connectivity index (χ4v) is 2.09. The molecule has 4 heteroatoms. The van der Waals surface area contributed by atoms with Gasteiger partial charge < -0.3 is 11.1 Å². The summed E-state index contributed by atoms with van der Waals surface area (Å²) < 4.78 is 0. The summed E-state index contributed by atoms with van der Waals surface area (Å²) in [5.41, 5.74) is 8.75. The van der Waals surface area contributed by atoms with E-state index in [2.05, 4.69) is 5.32 Å².